The first kappa shape index (κ1) is 16.3. The summed E-state index contributed by atoms with van der Waals surface area (Å²) in [6.07, 6.45) is 0. The number of nitrogens with one attached hydrogen (secondary N) is 1. The number of carbonyl (C=O) groups is 1. The van der Waals surface area contributed by atoms with Crippen LogP contribution >= 0.6 is 11.6 Å². The van der Waals surface area contributed by atoms with Crippen LogP contribution in [0.2, 0.25) is 18.1 Å². The van der Waals surface area contributed by atoms with Gasteiger partial charge in [0.15, 0.2) is 0 Å². The van der Waals surface area contributed by atoms with E-state index in [1.165, 1.54) is 0 Å². The summed E-state index contributed by atoms with van der Waals surface area (Å²) in [4.78, 5) is 12.3. The fourth-order valence-electron chi connectivity index (χ4n) is 2.06. The van der Waals surface area contributed by atoms with E-state index < -0.39 is 8.80 Å². The summed E-state index contributed by atoms with van der Waals surface area (Å²) in [7, 11) is -0.685. The lowest BCUT2D eigenvalue weighted by atomic mass is 9.83. The molecule has 1 aromatic carbocycles. The van der Waals surface area contributed by atoms with Crippen LogP contribution in [0.4, 0.5) is 0 Å². The maximum atomic E-state index is 12.3. The lowest BCUT2D eigenvalue weighted by molar-refractivity contribution is 0.0954. The van der Waals surface area contributed by atoms with E-state index in [-0.39, 0.29) is 11.3 Å². The summed E-state index contributed by atoms with van der Waals surface area (Å²) in [6.45, 7) is 13.2. The second kappa shape index (κ2) is 6.10. The van der Waals surface area contributed by atoms with Crippen molar-refractivity contribution in [3.63, 3.8) is 0 Å². The second-order valence-electron chi connectivity index (χ2n) is 5.96. The molecule has 0 bridgehead atoms. The molecule has 1 N–H and O–H groups in total. The van der Waals surface area contributed by atoms with Crippen LogP contribution in [-0.2, 0) is 5.41 Å². The predicted molar refractivity (Wildman–Crippen MR) is 85.3 cm³/mol. The van der Waals surface area contributed by atoms with Gasteiger partial charge in [0.2, 0.25) is 0 Å². The molecule has 0 unspecified atom stereocenters. The SMILES string of the molecule is CCNC(=O)c1c(C(C)(C)C)ccc([Si](C)C)c1Cl. The minimum Gasteiger partial charge on any atom is -0.352 e. The van der Waals surface area contributed by atoms with Crippen LogP contribution in [-0.4, -0.2) is 21.2 Å². The minimum absolute atomic E-state index is 0.0671. The number of benzene rings is 1. The van der Waals surface area contributed by atoms with E-state index in [2.05, 4.69) is 51.3 Å². The van der Waals surface area contributed by atoms with Crippen LogP contribution in [0.5, 0.6) is 0 Å². The molecule has 0 spiro atoms. The number of rotatable bonds is 3. The molecule has 0 aromatic heterocycles. The molecule has 2 nitrogen and oxygen atoms in total. The van der Waals surface area contributed by atoms with Crippen LogP contribution in [0.25, 0.3) is 0 Å². The number of halogens is 1. The van der Waals surface area contributed by atoms with Crippen LogP contribution < -0.4 is 10.5 Å². The molecule has 1 amide bonds. The smallest absolute Gasteiger partial charge is 0.253 e. The highest BCUT2D eigenvalue weighted by Crippen LogP contribution is 2.29. The van der Waals surface area contributed by atoms with E-state index in [1.54, 1.807) is 0 Å². The van der Waals surface area contributed by atoms with Gasteiger partial charge in [-0.3, -0.25) is 4.79 Å². The summed E-state index contributed by atoms with van der Waals surface area (Å²) in [5, 5.41) is 4.63. The van der Waals surface area contributed by atoms with E-state index >= 15 is 0 Å². The monoisotopic (exact) mass is 296 g/mol. The van der Waals surface area contributed by atoms with Crippen LogP contribution in [0, 0.1) is 0 Å². The Labute approximate surface area is 123 Å². The van der Waals surface area contributed by atoms with Gasteiger partial charge in [-0.1, -0.05) is 57.6 Å². The maximum absolute atomic E-state index is 12.3. The van der Waals surface area contributed by atoms with Crippen molar-refractivity contribution >= 4 is 31.5 Å². The Morgan fingerprint density at radius 3 is 2.32 bits per heavy atom. The van der Waals surface area contributed by atoms with Crippen LogP contribution in [0.3, 0.4) is 0 Å². The fourth-order valence-corrected chi connectivity index (χ4v) is 3.86. The van der Waals surface area contributed by atoms with Crippen molar-refractivity contribution in [2.45, 2.75) is 46.2 Å². The Kier molecular flexibility index (Phi) is 5.22. The highest BCUT2D eigenvalue weighted by molar-refractivity contribution is 6.73. The molecule has 1 aromatic rings. The van der Waals surface area contributed by atoms with Crippen LogP contribution in [0.1, 0.15) is 43.6 Å². The lowest BCUT2D eigenvalue weighted by Crippen LogP contribution is -2.32. The van der Waals surface area contributed by atoms with Crippen molar-refractivity contribution in [3.05, 3.63) is 28.3 Å². The van der Waals surface area contributed by atoms with Gasteiger partial charge in [0.1, 0.15) is 0 Å². The average molecular weight is 297 g/mol. The molecule has 0 atom stereocenters. The Morgan fingerprint density at radius 1 is 1.32 bits per heavy atom. The van der Waals surface area contributed by atoms with Crippen molar-refractivity contribution < 1.29 is 4.79 Å². The third-order valence-corrected chi connectivity index (χ3v) is 5.10. The van der Waals surface area contributed by atoms with E-state index in [0.717, 1.165) is 10.8 Å². The molecule has 0 aliphatic heterocycles. The van der Waals surface area contributed by atoms with E-state index in [4.69, 9.17) is 11.6 Å². The second-order valence-corrected chi connectivity index (χ2v) is 8.88. The maximum Gasteiger partial charge on any atom is 0.253 e. The largest absolute Gasteiger partial charge is 0.352 e. The summed E-state index contributed by atoms with van der Waals surface area (Å²) in [5.41, 5.74) is 1.56. The van der Waals surface area contributed by atoms with Gasteiger partial charge < -0.3 is 5.32 Å². The molecular formula is C15H23ClNOSi. The average Bonchev–Trinajstić information content (AvgIpc) is 2.26. The van der Waals surface area contributed by atoms with Gasteiger partial charge >= 0.3 is 0 Å². The van der Waals surface area contributed by atoms with Gasteiger partial charge in [0.25, 0.3) is 5.91 Å². The van der Waals surface area contributed by atoms with Crippen molar-refractivity contribution in [2.24, 2.45) is 0 Å². The molecule has 0 aliphatic rings. The molecule has 0 aliphatic carbocycles. The summed E-state index contributed by atoms with van der Waals surface area (Å²) in [6, 6.07) is 4.14. The Hall–Kier alpha value is -0.803. The molecule has 0 saturated heterocycles. The lowest BCUT2D eigenvalue weighted by Gasteiger charge is -2.25. The third kappa shape index (κ3) is 3.60. The number of hydrogen-bond donors (Lipinski definition) is 1. The first-order valence-corrected chi connectivity index (χ1v) is 9.49. The fraction of sp³-hybridized carbons (Fsp3) is 0.533. The van der Waals surface area contributed by atoms with Gasteiger partial charge in [0, 0.05) is 6.54 Å². The van der Waals surface area contributed by atoms with Crippen molar-refractivity contribution in [3.8, 4) is 0 Å². The molecule has 1 radical (unpaired) electrons. The number of hydrogen-bond acceptors (Lipinski definition) is 1. The van der Waals surface area contributed by atoms with E-state index in [0.29, 0.717) is 17.1 Å². The van der Waals surface area contributed by atoms with E-state index in [1.807, 2.05) is 6.92 Å². The molecule has 0 saturated carbocycles. The predicted octanol–water partition coefficient (Wildman–Crippen LogP) is 3.35. The third-order valence-electron chi connectivity index (χ3n) is 3.05. The zero-order valence-corrected chi connectivity index (χ0v) is 14.4. The Bertz CT molecular complexity index is 478. The first-order valence-electron chi connectivity index (χ1n) is 6.61. The first-order chi connectivity index (χ1) is 8.70. The highest BCUT2D eigenvalue weighted by Gasteiger charge is 2.26. The molecule has 19 heavy (non-hydrogen) atoms. The van der Waals surface area contributed by atoms with Gasteiger partial charge in [0.05, 0.1) is 19.4 Å². The quantitative estimate of drug-likeness (QED) is 0.852. The van der Waals surface area contributed by atoms with Gasteiger partial charge in [-0.05, 0) is 23.1 Å². The zero-order valence-electron chi connectivity index (χ0n) is 12.6. The van der Waals surface area contributed by atoms with Crippen molar-refractivity contribution in [1.29, 1.82) is 0 Å². The Morgan fingerprint density at radius 2 is 1.89 bits per heavy atom. The minimum atomic E-state index is -0.685. The van der Waals surface area contributed by atoms with Crippen molar-refractivity contribution in [1.82, 2.24) is 5.32 Å². The molecular weight excluding hydrogens is 274 g/mol. The van der Waals surface area contributed by atoms with Gasteiger partial charge in [-0.25, -0.2) is 0 Å². The molecule has 105 valence electrons. The van der Waals surface area contributed by atoms with Gasteiger partial charge in [-0.15, -0.1) is 0 Å². The topological polar surface area (TPSA) is 29.1 Å². The zero-order chi connectivity index (χ0) is 14.8. The number of amides is 1. The Balaban J connectivity index is 3.51. The number of carbonyl (C=O) groups excluding carboxylic acids is 1. The molecule has 0 heterocycles. The van der Waals surface area contributed by atoms with E-state index in [9.17, 15) is 4.79 Å². The highest BCUT2D eigenvalue weighted by atomic mass is 35.5. The summed E-state index contributed by atoms with van der Waals surface area (Å²) >= 11 is 6.51. The normalized spacial score (nSPS) is 11.8. The summed E-state index contributed by atoms with van der Waals surface area (Å²) < 4.78 is 0. The molecule has 4 heteroatoms. The summed E-state index contributed by atoms with van der Waals surface area (Å²) in [5.74, 6) is -0.0671. The van der Waals surface area contributed by atoms with Crippen LogP contribution in [0.15, 0.2) is 12.1 Å². The molecule has 1 rings (SSSR count). The van der Waals surface area contributed by atoms with Crippen molar-refractivity contribution in [2.75, 3.05) is 6.54 Å². The van der Waals surface area contributed by atoms with Gasteiger partial charge in [-0.2, -0.15) is 0 Å². The molecule has 0 fully saturated rings. The standard InChI is InChI=1S/C15H23ClNOSi/c1-7-17-14(18)12-10(15(2,3)4)8-9-11(13(12)16)19(5)6/h8-9H,7H2,1-6H3,(H,17,18).